The number of unbranched alkanes of at least 4 members (excludes halogenated alkanes) is 10. The molecular formula is C21H43NaO4S. The Bertz CT molecular complexity index is 401. The summed E-state index contributed by atoms with van der Waals surface area (Å²) in [5, 5.41) is 9.30. The van der Waals surface area contributed by atoms with Crippen molar-refractivity contribution in [2.24, 2.45) is 0 Å². The van der Waals surface area contributed by atoms with Crippen LogP contribution in [0.15, 0.2) is 0 Å². The van der Waals surface area contributed by atoms with Crippen LogP contribution in [0.3, 0.4) is 0 Å². The summed E-state index contributed by atoms with van der Waals surface area (Å²) in [6, 6.07) is 0. The van der Waals surface area contributed by atoms with E-state index in [1.54, 1.807) is 0 Å². The van der Waals surface area contributed by atoms with Crippen molar-refractivity contribution in [2.45, 2.75) is 134 Å². The summed E-state index contributed by atoms with van der Waals surface area (Å²) in [5.74, 6) is 0. The first kappa shape index (κ1) is 30.1. The van der Waals surface area contributed by atoms with Crippen LogP contribution >= 0.6 is 0 Å². The molecular weight excluding hydrogens is 371 g/mol. The summed E-state index contributed by atoms with van der Waals surface area (Å²) in [4.78, 5) is 0. The predicted octanol–water partition coefficient (Wildman–Crippen LogP) is 2.94. The molecule has 2 unspecified atom stereocenters. The van der Waals surface area contributed by atoms with Crippen LogP contribution < -0.4 is 29.6 Å². The molecule has 6 heteroatoms. The van der Waals surface area contributed by atoms with Gasteiger partial charge in [0.15, 0.2) is 0 Å². The average molecular weight is 415 g/mol. The van der Waals surface area contributed by atoms with Crippen LogP contribution in [-0.2, 0) is 10.1 Å². The average Bonchev–Trinajstić information content (AvgIpc) is 2.58. The van der Waals surface area contributed by atoms with Crippen molar-refractivity contribution in [2.75, 3.05) is 0 Å². The van der Waals surface area contributed by atoms with Gasteiger partial charge >= 0.3 is 29.6 Å². The molecule has 0 aromatic heterocycles. The molecule has 0 aromatic carbocycles. The second-order valence-electron chi connectivity index (χ2n) is 7.81. The Balaban J connectivity index is 0. The first-order valence-electron chi connectivity index (χ1n) is 11.0. The smallest absolute Gasteiger partial charge is 0.748 e. The van der Waals surface area contributed by atoms with Gasteiger partial charge in [0.2, 0.25) is 0 Å². The SMILES string of the molecule is CCCCCCCCCCC(O)CCCCC(CCCCC)S(=O)(=O)[O-].[Na+]. The Morgan fingerprint density at radius 3 is 1.48 bits per heavy atom. The Labute approximate surface area is 191 Å². The molecule has 158 valence electrons. The van der Waals surface area contributed by atoms with Gasteiger partial charge in [0.05, 0.1) is 16.2 Å². The van der Waals surface area contributed by atoms with E-state index in [0.717, 1.165) is 44.9 Å². The monoisotopic (exact) mass is 414 g/mol. The topological polar surface area (TPSA) is 77.4 Å². The van der Waals surface area contributed by atoms with Crippen molar-refractivity contribution in [3.8, 4) is 0 Å². The first-order valence-corrected chi connectivity index (χ1v) is 12.5. The maximum atomic E-state index is 11.3. The van der Waals surface area contributed by atoms with Crippen LogP contribution in [-0.4, -0.2) is 29.4 Å². The van der Waals surface area contributed by atoms with Crippen LogP contribution in [0.4, 0.5) is 0 Å². The van der Waals surface area contributed by atoms with E-state index in [9.17, 15) is 18.1 Å². The Morgan fingerprint density at radius 2 is 1.00 bits per heavy atom. The molecule has 0 radical (unpaired) electrons. The number of aliphatic hydroxyl groups excluding tert-OH is 1. The fourth-order valence-electron chi connectivity index (χ4n) is 3.47. The molecule has 0 bridgehead atoms. The van der Waals surface area contributed by atoms with Crippen molar-refractivity contribution in [1.29, 1.82) is 0 Å². The molecule has 0 fully saturated rings. The van der Waals surface area contributed by atoms with Crippen LogP contribution in [0.25, 0.3) is 0 Å². The standard InChI is InChI=1S/C21H44O4S.Na/c1-3-5-7-8-9-10-11-13-16-20(22)17-14-15-19-21(26(23,24)25)18-12-6-4-2;/h20-22H,3-19H2,1-2H3,(H,23,24,25);/q;+1/p-1. The van der Waals surface area contributed by atoms with E-state index in [4.69, 9.17) is 0 Å². The van der Waals surface area contributed by atoms with E-state index < -0.39 is 15.4 Å². The molecule has 0 aliphatic rings. The molecule has 0 saturated carbocycles. The van der Waals surface area contributed by atoms with Crippen molar-refractivity contribution >= 4 is 10.1 Å². The third kappa shape index (κ3) is 19.9. The van der Waals surface area contributed by atoms with E-state index in [1.165, 1.54) is 44.9 Å². The number of hydrogen-bond donors (Lipinski definition) is 1. The molecule has 0 aliphatic heterocycles. The molecule has 0 aromatic rings. The Morgan fingerprint density at radius 1 is 0.667 bits per heavy atom. The zero-order valence-corrected chi connectivity index (χ0v) is 21.1. The normalized spacial score (nSPS) is 13.9. The number of aliphatic hydroxyl groups is 1. The minimum absolute atomic E-state index is 0. The van der Waals surface area contributed by atoms with Gasteiger partial charge in [0.25, 0.3) is 0 Å². The summed E-state index contributed by atoms with van der Waals surface area (Å²) >= 11 is 0. The van der Waals surface area contributed by atoms with Gasteiger partial charge in [-0.1, -0.05) is 97.3 Å². The fraction of sp³-hybridized carbons (Fsp3) is 1.00. The zero-order chi connectivity index (χ0) is 19.7. The second kappa shape index (κ2) is 20.2. The van der Waals surface area contributed by atoms with E-state index in [-0.39, 0.29) is 35.7 Å². The molecule has 0 rings (SSSR count). The summed E-state index contributed by atoms with van der Waals surface area (Å²) in [6.07, 6.45) is 16.7. The van der Waals surface area contributed by atoms with Crippen LogP contribution in [0.5, 0.6) is 0 Å². The maximum absolute atomic E-state index is 11.3. The summed E-state index contributed by atoms with van der Waals surface area (Å²) in [6.45, 7) is 4.29. The van der Waals surface area contributed by atoms with Crippen molar-refractivity contribution in [3.63, 3.8) is 0 Å². The Kier molecular flexibility index (Phi) is 22.4. The van der Waals surface area contributed by atoms with E-state index in [2.05, 4.69) is 13.8 Å². The maximum Gasteiger partial charge on any atom is 1.00 e. The predicted molar refractivity (Wildman–Crippen MR) is 109 cm³/mol. The van der Waals surface area contributed by atoms with Gasteiger partial charge in [-0.25, -0.2) is 8.42 Å². The molecule has 4 nitrogen and oxygen atoms in total. The largest absolute Gasteiger partial charge is 1.00 e. The van der Waals surface area contributed by atoms with E-state index in [1.807, 2.05) is 0 Å². The molecule has 0 saturated heterocycles. The summed E-state index contributed by atoms with van der Waals surface area (Å²) < 4.78 is 34.0. The molecule has 2 atom stereocenters. The summed E-state index contributed by atoms with van der Waals surface area (Å²) in [7, 11) is -4.19. The molecule has 27 heavy (non-hydrogen) atoms. The fourth-order valence-corrected chi connectivity index (χ4v) is 4.38. The minimum atomic E-state index is -4.19. The third-order valence-electron chi connectivity index (χ3n) is 5.24. The third-order valence-corrected chi connectivity index (χ3v) is 6.53. The van der Waals surface area contributed by atoms with E-state index >= 15 is 0 Å². The van der Waals surface area contributed by atoms with Gasteiger partial charge in [-0.05, 0) is 25.7 Å². The first-order chi connectivity index (χ1) is 12.4. The number of hydrogen-bond acceptors (Lipinski definition) is 4. The zero-order valence-electron chi connectivity index (χ0n) is 18.3. The van der Waals surface area contributed by atoms with Crippen LogP contribution in [0.1, 0.15) is 123 Å². The van der Waals surface area contributed by atoms with Crippen LogP contribution in [0.2, 0.25) is 0 Å². The van der Waals surface area contributed by atoms with Gasteiger partial charge in [0, 0.05) is 5.25 Å². The summed E-state index contributed by atoms with van der Waals surface area (Å²) in [5.41, 5.74) is 0. The molecule has 0 spiro atoms. The quantitative estimate of drug-likeness (QED) is 0.200. The van der Waals surface area contributed by atoms with Crippen LogP contribution in [0, 0.1) is 0 Å². The Hall–Kier alpha value is 0.870. The van der Waals surface area contributed by atoms with Gasteiger partial charge in [-0.15, -0.1) is 0 Å². The van der Waals surface area contributed by atoms with Gasteiger partial charge in [0.1, 0.15) is 0 Å². The second-order valence-corrected chi connectivity index (χ2v) is 9.46. The van der Waals surface area contributed by atoms with Crippen molar-refractivity contribution in [1.82, 2.24) is 0 Å². The van der Waals surface area contributed by atoms with Crippen molar-refractivity contribution in [3.05, 3.63) is 0 Å². The van der Waals surface area contributed by atoms with E-state index in [0.29, 0.717) is 19.3 Å². The molecule has 0 aliphatic carbocycles. The van der Waals surface area contributed by atoms with Gasteiger partial charge in [-0.2, -0.15) is 0 Å². The molecule has 1 N–H and O–H groups in total. The van der Waals surface area contributed by atoms with Gasteiger partial charge < -0.3 is 9.66 Å². The number of rotatable bonds is 19. The van der Waals surface area contributed by atoms with Crippen molar-refractivity contribution < 1.29 is 47.6 Å². The van der Waals surface area contributed by atoms with Gasteiger partial charge in [-0.3, -0.25) is 0 Å². The molecule has 0 heterocycles. The minimum Gasteiger partial charge on any atom is -0.748 e. The molecule has 0 amide bonds.